The molecule has 1 aliphatic heterocycles. The van der Waals surface area contributed by atoms with Gasteiger partial charge in [-0.1, -0.05) is 19.9 Å². The summed E-state index contributed by atoms with van der Waals surface area (Å²) in [4.78, 5) is 9.35. The van der Waals surface area contributed by atoms with Crippen LogP contribution in [-0.2, 0) is 6.54 Å². The molecule has 0 radical (unpaired) electrons. The number of piperazine rings is 1. The van der Waals surface area contributed by atoms with Crippen molar-refractivity contribution in [3.8, 4) is 5.75 Å². The number of aryl methyl sites for hydroxylation is 1. The molecule has 5 nitrogen and oxygen atoms in total. The molecule has 0 amide bonds. The molecule has 0 unspecified atom stereocenters. The van der Waals surface area contributed by atoms with Crippen molar-refractivity contribution in [3.63, 3.8) is 0 Å². The van der Waals surface area contributed by atoms with Crippen molar-refractivity contribution in [2.75, 3.05) is 46.9 Å². The number of aliphatic imine (C=N–C) groups is 1. The van der Waals surface area contributed by atoms with E-state index in [-0.39, 0.29) is 0 Å². The molecule has 0 aliphatic carbocycles. The second-order valence-corrected chi connectivity index (χ2v) is 6.94. The number of nitrogens with zero attached hydrogens (tertiary/aromatic N) is 3. The SMILES string of the molecule is CN=C(NCc1cc(C)cc(OC)c1)N1CCN(CC(C)C)CC1. The largest absolute Gasteiger partial charge is 0.497 e. The van der Waals surface area contributed by atoms with Gasteiger partial charge in [-0.05, 0) is 36.1 Å². The van der Waals surface area contributed by atoms with Gasteiger partial charge < -0.3 is 15.0 Å². The van der Waals surface area contributed by atoms with Gasteiger partial charge in [0.2, 0.25) is 0 Å². The van der Waals surface area contributed by atoms with E-state index in [1.807, 2.05) is 13.1 Å². The number of guanidine groups is 1. The minimum absolute atomic E-state index is 0.727. The number of hydrogen-bond donors (Lipinski definition) is 1. The molecule has 1 fully saturated rings. The number of hydrogen-bond acceptors (Lipinski definition) is 3. The zero-order valence-corrected chi connectivity index (χ0v) is 15.8. The highest BCUT2D eigenvalue weighted by molar-refractivity contribution is 5.80. The van der Waals surface area contributed by atoms with E-state index in [4.69, 9.17) is 4.74 Å². The number of nitrogens with one attached hydrogen (secondary N) is 1. The summed E-state index contributed by atoms with van der Waals surface area (Å²) in [6.45, 7) is 12.9. The van der Waals surface area contributed by atoms with Gasteiger partial charge in [0, 0.05) is 46.3 Å². The first-order chi connectivity index (χ1) is 11.5. The predicted octanol–water partition coefficient (Wildman–Crippen LogP) is 2.35. The molecule has 2 rings (SSSR count). The molecular formula is C19H32N4O. The lowest BCUT2D eigenvalue weighted by atomic mass is 10.1. The Hall–Kier alpha value is -1.75. The van der Waals surface area contributed by atoms with Crippen molar-refractivity contribution in [1.29, 1.82) is 0 Å². The van der Waals surface area contributed by atoms with E-state index in [0.717, 1.165) is 50.4 Å². The van der Waals surface area contributed by atoms with Crippen molar-refractivity contribution < 1.29 is 4.74 Å². The quantitative estimate of drug-likeness (QED) is 0.664. The zero-order valence-electron chi connectivity index (χ0n) is 15.8. The fraction of sp³-hybridized carbons (Fsp3) is 0.632. The van der Waals surface area contributed by atoms with E-state index in [0.29, 0.717) is 0 Å². The van der Waals surface area contributed by atoms with Gasteiger partial charge in [-0.3, -0.25) is 9.89 Å². The number of methoxy groups -OCH3 is 1. The van der Waals surface area contributed by atoms with Crippen LogP contribution in [0, 0.1) is 12.8 Å². The van der Waals surface area contributed by atoms with E-state index in [9.17, 15) is 0 Å². The van der Waals surface area contributed by atoms with Crippen LogP contribution in [0.5, 0.6) is 5.75 Å². The van der Waals surface area contributed by atoms with E-state index >= 15 is 0 Å². The average molecular weight is 332 g/mol. The summed E-state index contributed by atoms with van der Waals surface area (Å²) in [6, 6.07) is 6.31. The molecule has 0 spiro atoms. The smallest absolute Gasteiger partial charge is 0.194 e. The highest BCUT2D eigenvalue weighted by Gasteiger charge is 2.19. The maximum atomic E-state index is 5.35. The fourth-order valence-corrected chi connectivity index (χ4v) is 3.22. The summed E-state index contributed by atoms with van der Waals surface area (Å²) < 4.78 is 5.35. The van der Waals surface area contributed by atoms with E-state index in [2.05, 4.69) is 53.0 Å². The predicted molar refractivity (Wildman–Crippen MR) is 101 cm³/mol. The summed E-state index contributed by atoms with van der Waals surface area (Å²) in [5, 5.41) is 3.49. The van der Waals surface area contributed by atoms with E-state index in [1.165, 1.54) is 17.7 Å². The highest BCUT2D eigenvalue weighted by Crippen LogP contribution is 2.16. The zero-order chi connectivity index (χ0) is 17.5. The van der Waals surface area contributed by atoms with Crippen LogP contribution in [0.25, 0.3) is 0 Å². The molecule has 0 aromatic heterocycles. The maximum Gasteiger partial charge on any atom is 0.194 e. The second kappa shape index (κ2) is 8.92. The molecule has 1 aromatic carbocycles. The Morgan fingerprint density at radius 1 is 1.21 bits per heavy atom. The van der Waals surface area contributed by atoms with Crippen LogP contribution in [-0.4, -0.2) is 62.6 Å². The normalized spacial score (nSPS) is 16.6. The first kappa shape index (κ1) is 18.6. The lowest BCUT2D eigenvalue weighted by Crippen LogP contribution is -2.52. The molecule has 134 valence electrons. The summed E-state index contributed by atoms with van der Waals surface area (Å²) in [6.07, 6.45) is 0. The topological polar surface area (TPSA) is 40.1 Å². The number of benzene rings is 1. The van der Waals surface area contributed by atoms with Gasteiger partial charge in [0.05, 0.1) is 7.11 Å². The van der Waals surface area contributed by atoms with Crippen LogP contribution in [0.1, 0.15) is 25.0 Å². The first-order valence-electron chi connectivity index (χ1n) is 8.84. The Morgan fingerprint density at radius 3 is 2.50 bits per heavy atom. The van der Waals surface area contributed by atoms with Crippen LogP contribution in [0.2, 0.25) is 0 Å². The third-order valence-corrected chi connectivity index (χ3v) is 4.30. The average Bonchev–Trinajstić information content (AvgIpc) is 2.55. The third-order valence-electron chi connectivity index (χ3n) is 4.30. The molecule has 1 aliphatic rings. The first-order valence-corrected chi connectivity index (χ1v) is 8.84. The van der Waals surface area contributed by atoms with Crippen LogP contribution in [0.15, 0.2) is 23.2 Å². The van der Waals surface area contributed by atoms with E-state index in [1.54, 1.807) is 7.11 Å². The summed E-state index contributed by atoms with van der Waals surface area (Å²) in [5.41, 5.74) is 2.43. The van der Waals surface area contributed by atoms with Gasteiger partial charge in [-0.2, -0.15) is 0 Å². The molecule has 5 heteroatoms. The summed E-state index contributed by atoms with van der Waals surface area (Å²) >= 11 is 0. The molecule has 24 heavy (non-hydrogen) atoms. The molecule has 0 saturated carbocycles. The van der Waals surface area contributed by atoms with Crippen molar-refractivity contribution in [2.24, 2.45) is 10.9 Å². The Balaban J connectivity index is 1.88. The fourth-order valence-electron chi connectivity index (χ4n) is 3.22. The Bertz CT molecular complexity index is 548. The van der Waals surface area contributed by atoms with Gasteiger partial charge >= 0.3 is 0 Å². The maximum absolute atomic E-state index is 5.35. The Morgan fingerprint density at radius 2 is 1.92 bits per heavy atom. The van der Waals surface area contributed by atoms with Gasteiger partial charge in [-0.15, -0.1) is 0 Å². The number of ether oxygens (including phenoxy) is 1. The van der Waals surface area contributed by atoms with Crippen LogP contribution < -0.4 is 10.1 Å². The van der Waals surface area contributed by atoms with Crippen molar-refractivity contribution >= 4 is 5.96 Å². The van der Waals surface area contributed by atoms with Gasteiger partial charge in [-0.25, -0.2) is 0 Å². The second-order valence-electron chi connectivity index (χ2n) is 6.94. The van der Waals surface area contributed by atoms with Crippen molar-refractivity contribution in [3.05, 3.63) is 29.3 Å². The molecule has 0 bridgehead atoms. The monoisotopic (exact) mass is 332 g/mol. The van der Waals surface area contributed by atoms with Crippen LogP contribution in [0.3, 0.4) is 0 Å². The van der Waals surface area contributed by atoms with Crippen molar-refractivity contribution in [2.45, 2.75) is 27.3 Å². The molecule has 1 N–H and O–H groups in total. The Kier molecular flexibility index (Phi) is 6.91. The van der Waals surface area contributed by atoms with Gasteiger partial charge in [0.15, 0.2) is 5.96 Å². The minimum atomic E-state index is 0.727. The van der Waals surface area contributed by atoms with Crippen molar-refractivity contribution in [1.82, 2.24) is 15.1 Å². The van der Waals surface area contributed by atoms with E-state index < -0.39 is 0 Å². The minimum Gasteiger partial charge on any atom is -0.497 e. The van der Waals surface area contributed by atoms with Crippen LogP contribution >= 0.6 is 0 Å². The molecule has 1 heterocycles. The summed E-state index contributed by atoms with van der Waals surface area (Å²) in [7, 11) is 3.57. The third kappa shape index (κ3) is 5.41. The molecule has 1 saturated heterocycles. The lowest BCUT2D eigenvalue weighted by molar-refractivity contribution is 0.164. The highest BCUT2D eigenvalue weighted by atomic mass is 16.5. The Labute approximate surface area is 146 Å². The number of rotatable bonds is 5. The standard InChI is InChI=1S/C19H32N4O/c1-15(2)14-22-6-8-23(9-7-22)19(20-4)21-13-17-10-16(3)11-18(12-17)24-5/h10-12,15H,6-9,13-14H2,1-5H3,(H,20,21). The summed E-state index contributed by atoms with van der Waals surface area (Å²) in [5.74, 6) is 2.62. The molecule has 1 aromatic rings. The van der Waals surface area contributed by atoms with Gasteiger partial charge in [0.1, 0.15) is 5.75 Å². The van der Waals surface area contributed by atoms with Gasteiger partial charge in [0.25, 0.3) is 0 Å². The molecule has 0 atom stereocenters. The van der Waals surface area contributed by atoms with Crippen LogP contribution in [0.4, 0.5) is 0 Å². The molecular weight excluding hydrogens is 300 g/mol. The lowest BCUT2D eigenvalue weighted by Gasteiger charge is -2.37.